The van der Waals surface area contributed by atoms with Crippen molar-refractivity contribution in [1.29, 1.82) is 0 Å². The highest BCUT2D eigenvalue weighted by atomic mass is 16.6. The Morgan fingerprint density at radius 2 is 2.09 bits per heavy atom. The Kier molecular flexibility index (Phi) is 2.67. The Morgan fingerprint density at radius 1 is 1.23 bits per heavy atom. The van der Waals surface area contributed by atoms with Gasteiger partial charge in [0.05, 0.1) is 25.0 Å². The van der Waals surface area contributed by atoms with Crippen molar-refractivity contribution < 1.29 is 14.1 Å². The van der Waals surface area contributed by atoms with Gasteiger partial charge in [0.1, 0.15) is 11.4 Å². The third-order valence-corrected chi connectivity index (χ3v) is 6.08. The predicted octanol–water partition coefficient (Wildman–Crippen LogP) is 0.893. The molecule has 0 aromatic carbocycles. The van der Waals surface area contributed by atoms with Crippen LogP contribution in [0, 0.1) is 11.1 Å². The molecule has 0 radical (unpaired) electrons. The molecule has 4 aliphatic rings. The van der Waals surface area contributed by atoms with Crippen LogP contribution in [0.25, 0.3) is 0 Å². The summed E-state index contributed by atoms with van der Waals surface area (Å²) in [6.45, 7) is 3.14. The molecule has 0 spiro atoms. The fourth-order valence-corrected chi connectivity index (χ4v) is 5.24. The van der Waals surface area contributed by atoms with Gasteiger partial charge in [-0.1, -0.05) is 10.3 Å². The first-order chi connectivity index (χ1) is 10.8. The summed E-state index contributed by atoms with van der Waals surface area (Å²) in [4.78, 5) is 2.37. The molecule has 1 aromatic heterocycles. The molecular weight excluding hydrogens is 284 g/mol. The van der Waals surface area contributed by atoms with E-state index < -0.39 is 0 Å². The molecule has 2 fully saturated rings. The van der Waals surface area contributed by atoms with Gasteiger partial charge in [-0.2, -0.15) is 4.74 Å². The number of morpholine rings is 1. The summed E-state index contributed by atoms with van der Waals surface area (Å²) in [6, 6.07) is 0. The SMILES string of the molecule is [O-][N+]1=C2CCc3nonc3[C@@H]2[C@@H]2CCC[C@@]21N1CCOCC1. The zero-order chi connectivity index (χ0) is 14.7. The van der Waals surface area contributed by atoms with Crippen molar-refractivity contribution in [3.05, 3.63) is 16.6 Å². The maximum atomic E-state index is 13.3. The van der Waals surface area contributed by atoms with Crippen LogP contribution >= 0.6 is 0 Å². The molecule has 22 heavy (non-hydrogen) atoms. The van der Waals surface area contributed by atoms with Gasteiger partial charge in [0.25, 0.3) is 0 Å². The van der Waals surface area contributed by atoms with Crippen LogP contribution in [-0.2, 0) is 11.2 Å². The lowest BCUT2D eigenvalue weighted by Crippen LogP contribution is -2.59. The molecule has 0 N–H and O–H groups in total. The van der Waals surface area contributed by atoms with Gasteiger partial charge in [0.2, 0.25) is 5.66 Å². The Bertz CT molecular complexity index is 636. The fourth-order valence-electron chi connectivity index (χ4n) is 5.24. The number of hydrogen-bond donors (Lipinski definition) is 0. The first kappa shape index (κ1) is 13.0. The van der Waals surface area contributed by atoms with Crippen molar-refractivity contribution >= 4 is 5.71 Å². The van der Waals surface area contributed by atoms with Gasteiger partial charge >= 0.3 is 0 Å². The monoisotopic (exact) mass is 304 g/mol. The summed E-state index contributed by atoms with van der Waals surface area (Å²) in [7, 11) is 0. The quantitative estimate of drug-likeness (QED) is 0.566. The van der Waals surface area contributed by atoms with E-state index in [-0.39, 0.29) is 11.6 Å². The second-order valence-corrected chi connectivity index (χ2v) is 6.84. The topological polar surface area (TPSA) is 77.5 Å². The molecule has 0 bridgehead atoms. The average Bonchev–Trinajstić information content (AvgIpc) is 3.24. The molecule has 5 rings (SSSR count). The second kappa shape index (κ2) is 4.52. The highest BCUT2D eigenvalue weighted by Crippen LogP contribution is 2.54. The molecule has 7 nitrogen and oxygen atoms in total. The van der Waals surface area contributed by atoms with Crippen molar-refractivity contribution in [2.45, 2.75) is 43.7 Å². The number of fused-ring (bicyclic) bond motifs is 5. The van der Waals surface area contributed by atoms with Gasteiger partial charge in [-0.3, -0.25) is 0 Å². The van der Waals surface area contributed by atoms with Crippen LogP contribution in [0.4, 0.5) is 0 Å². The van der Waals surface area contributed by atoms with Crippen molar-refractivity contribution in [3.63, 3.8) is 0 Å². The van der Waals surface area contributed by atoms with Crippen LogP contribution in [0.5, 0.6) is 0 Å². The molecule has 1 saturated carbocycles. The lowest BCUT2D eigenvalue weighted by molar-refractivity contribution is -0.583. The Morgan fingerprint density at radius 3 is 2.95 bits per heavy atom. The molecular formula is C15H20N4O3. The minimum Gasteiger partial charge on any atom is -0.622 e. The molecule has 118 valence electrons. The zero-order valence-electron chi connectivity index (χ0n) is 12.5. The summed E-state index contributed by atoms with van der Waals surface area (Å²) >= 11 is 0. The van der Waals surface area contributed by atoms with E-state index in [4.69, 9.17) is 9.37 Å². The third-order valence-electron chi connectivity index (χ3n) is 6.08. The standard InChI is InChI=1S/C15H20N4O3/c20-19-12-4-3-11-14(17-22-16-11)13(12)10-2-1-5-15(10,19)18-6-8-21-9-7-18/h10,13H,1-9H2/t10-,13+,15-/m0/s1. The van der Waals surface area contributed by atoms with Gasteiger partial charge in [-0.05, 0) is 12.8 Å². The van der Waals surface area contributed by atoms with Crippen LogP contribution in [0.1, 0.15) is 43.0 Å². The van der Waals surface area contributed by atoms with Crippen molar-refractivity contribution in [3.8, 4) is 0 Å². The maximum absolute atomic E-state index is 13.3. The van der Waals surface area contributed by atoms with E-state index in [2.05, 4.69) is 15.2 Å². The van der Waals surface area contributed by atoms with E-state index in [0.717, 1.165) is 75.5 Å². The summed E-state index contributed by atoms with van der Waals surface area (Å²) in [5.74, 6) is 0.418. The Labute approximate surface area is 128 Å². The highest BCUT2D eigenvalue weighted by molar-refractivity contribution is 5.90. The number of hydroxylamine groups is 1. The molecule has 3 heterocycles. The summed E-state index contributed by atoms with van der Waals surface area (Å²) in [6.07, 6.45) is 4.69. The second-order valence-electron chi connectivity index (χ2n) is 6.84. The lowest BCUT2D eigenvalue weighted by atomic mass is 9.77. The number of ether oxygens (including phenoxy) is 1. The lowest BCUT2D eigenvalue weighted by Gasteiger charge is -2.41. The number of rotatable bonds is 1. The van der Waals surface area contributed by atoms with E-state index in [1.54, 1.807) is 0 Å². The summed E-state index contributed by atoms with van der Waals surface area (Å²) < 4.78 is 11.8. The van der Waals surface area contributed by atoms with Crippen LogP contribution in [0.15, 0.2) is 4.63 Å². The first-order valence-corrected chi connectivity index (χ1v) is 8.29. The zero-order valence-corrected chi connectivity index (χ0v) is 12.5. The summed E-state index contributed by atoms with van der Waals surface area (Å²) in [5, 5.41) is 21.5. The van der Waals surface area contributed by atoms with Crippen LogP contribution < -0.4 is 0 Å². The number of aromatic nitrogens is 2. The summed E-state index contributed by atoms with van der Waals surface area (Å²) in [5.41, 5.74) is 2.49. The molecule has 1 aromatic rings. The maximum Gasteiger partial charge on any atom is 0.233 e. The minimum absolute atomic E-state index is 0.109. The van der Waals surface area contributed by atoms with Crippen molar-refractivity contribution in [2.24, 2.45) is 5.92 Å². The van der Waals surface area contributed by atoms with Crippen LogP contribution in [0.2, 0.25) is 0 Å². The van der Waals surface area contributed by atoms with Gasteiger partial charge in [-0.25, -0.2) is 9.53 Å². The molecule has 2 aliphatic carbocycles. The highest BCUT2D eigenvalue weighted by Gasteiger charge is 2.66. The molecule has 0 unspecified atom stereocenters. The van der Waals surface area contributed by atoms with Gasteiger partial charge in [0, 0.05) is 32.4 Å². The van der Waals surface area contributed by atoms with E-state index in [1.807, 2.05) is 0 Å². The average molecular weight is 304 g/mol. The van der Waals surface area contributed by atoms with E-state index in [0.29, 0.717) is 5.92 Å². The normalized spacial score (nSPS) is 38.0. The Balaban J connectivity index is 1.63. The van der Waals surface area contributed by atoms with E-state index in [1.165, 1.54) is 4.74 Å². The third kappa shape index (κ3) is 1.46. The smallest absolute Gasteiger partial charge is 0.233 e. The van der Waals surface area contributed by atoms with Crippen LogP contribution in [-0.4, -0.2) is 57.6 Å². The van der Waals surface area contributed by atoms with Gasteiger partial charge in [-0.15, -0.1) is 0 Å². The van der Waals surface area contributed by atoms with Gasteiger partial charge in [0.15, 0.2) is 5.71 Å². The van der Waals surface area contributed by atoms with Crippen LogP contribution in [0.3, 0.4) is 0 Å². The minimum atomic E-state index is -0.385. The molecule has 0 amide bonds. The largest absolute Gasteiger partial charge is 0.622 e. The van der Waals surface area contributed by atoms with E-state index in [9.17, 15) is 5.21 Å². The molecule has 1 saturated heterocycles. The van der Waals surface area contributed by atoms with Gasteiger partial charge < -0.3 is 9.94 Å². The predicted molar refractivity (Wildman–Crippen MR) is 76.5 cm³/mol. The molecule has 2 aliphatic heterocycles. The first-order valence-electron chi connectivity index (χ1n) is 8.29. The number of nitrogens with zero attached hydrogens (tertiary/aromatic N) is 4. The fraction of sp³-hybridized carbons (Fsp3) is 0.800. The van der Waals surface area contributed by atoms with Crippen molar-refractivity contribution in [2.75, 3.05) is 26.3 Å². The Hall–Kier alpha value is -1.47. The molecule has 3 atom stereocenters. The molecule has 7 heteroatoms. The number of aryl methyl sites for hydroxylation is 1. The van der Waals surface area contributed by atoms with Crippen molar-refractivity contribution in [1.82, 2.24) is 15.2 Å². The number of hydrogen-bond acceptors (Lipinski definition) is 6. The van der Waals surface area contributed by atoms with E-state index >= 15 is 0 Å².